The normalized spacial score (nSPS) is 22.4. The van der Waals surface area contributed by atoms with Crippen molar-refractivity contribution in [3.8, 4) is 0 Å². The molecule has 70 valence electrons. The molecule has 12 heavy (non-hydrogen) atoms. The van der Waals surface area contributed by atoms with E-state index in [0.717, 1.165) is 19.4 Å². The van der Waals surface area contributed by atoms with Crippen molar-refractivity contribution in [2.75, 3.05) is 20.3 Å². The number of rotatable bonds is 3. The molecule has 1 atom stereocenters. The predicted molar refractivity (Wildman–Crippen MR) is 47.7 cm³/mol. The van der Waals surface area contributed by atoms with Gasteiger partial charge in [-0.2, -0.15) is 0 Å². The van der Waals surface area contributed by atoms with Crippen LogP contribution in [0.5, 0.6) is 0 Å². The van der Waals surface area contributed by atoms with Gasteiger partial charge in [-0.1, -0.05) is 0 Å². The van der Waals surface area contributed by atoms with Gasteiger partial charge in [0.15, 0.2) is 0 Å². The van der Waals surface area contributed by atoms with Crippen molar-refractivity contribution in [3.05, 3.63) is 11.8 Å². The lowest BCUT2D eigenvalue weighted by Crippen LogP contribution is -2.39. The Labute approximate surface area is 73.5 Å². The molecule has 0 fully saturated rings. The highest BCUT2D eigenvalue weighted by molar-refractivity contribution is 5.15. The molecule has 0 saturated carbocycles. The number of nitrogens with two attached hydrogens (primary N) is 1. The first-order valence-electron chi connectivity index (χ1n) is 4.29. The summed E-state index contributed by atoms with van der Waals surface area (Å²) in [6.07, 6.45) is 3.88. The zero-order valence-corrected chi connectivity index (χ0v) is 7.80. The molecule has 0 aromatic rings. The first-order valence-corrected chi connectivity index (χ1v) is 4.29. The second kappa shape index (κ2) is 3.92. The number of hydrogen-bond donors (Lipinski definition) is 1. The molecule has 3 heteroatoms. The molecule has 3 nitrogen and oxygen atoms in total. The maximum atomic E-state index is 5.63. The SMILES string of the molecule is COC(C)(CN)C1=COCCC1. The van der Waals surface area contributed by atoms with Crippen LogP contribution in [-0.2, 0) is 9.47 Å². The molecule has 2 N–H and O–H groups in total. The van der Waals surface area contributed by atoms with E-state index < -0.39 is 0 Å². The molecular weight excluding hydrogens is 154 g/mol. The molecular formula is C9H17NO2. The summed E-state index contributed by atoms with van der Waals surface area (Å²) in [6, 6.07) is 0. The summed E-state index contributed by atoms with van der Waals surface area (Å²) in [4.78, 5) is 0. The van der Waals surface area contributed by atoms with E-state index in [9.17, 15) is 0 Å². The van der Waals surface area contributed by atoms with Crippen molar-refractivity contribution in [1.29, 1.82) is 0 Å². The smallest absolute Gasteiger partial charge is 0.101 e. The molecule has 0 aromatic heterocycles. The Morgan fingerprint density at radius 3 is 2.92 bits per heavy atom. The zero-order valence-electron chi connectivity index (χ0n) is 7.80. The van der Waals surface area contributed by atoms with E-state index in [-0.39, 0.29) is 5.60 Å². The fourth-order valence-electron chi connectivity index (χ4n) is 1.30. The van der Waals surface area contributed by atoms with E-state index in [4.69, 9.17) is 15.2 Å². The van der Waals surface area contributed by atoms with Crippen LogP contribution in [0.25, 0.3) is 0 Å². The van der Waals surface area contributed by atoms with Crippen LogP contribution in [0.4, 0.5) is 0 Å². The highest BCUT2D eigenvalue weighted by atomic mass is 16.5. The third-order valence-corrected chi connectivity index (χ3v) is 2.45. The Bertz CT molecular complexity index is 173. The van der Waals surface area contributed by atoms with Gasteiger partial charge >= 0.3 is 0 Å². The first-order chi connectivity index (χ1) is 5.73. The minimum atomic E-state index is -0.333. The van der Waals surface area contributed by atoms with E-state index >= 15 is 0 Å². The quantitative estimate of drug-likeness (QED) is 0.690. The summed E-state index contributed by atoms with van der Waals surface area (Å²) in [5.41, 5.74) is 6.46. The molecule has 0 aromatic carbocycles. The highest BCUT2D eigenvalue weighted by Gasteiger charge is 2.28. The summed E-state index contributed by atoms with van der Waals surface area (Å²) >= 11 is 0. The van der Waals surface area contributed by atoms with Gasteiger partial charge in [0.25, 0.3) is 0 Å². The Kier molecular flexibility index (Phi) is 3.12. The van der Waals surface area contributed by atoms with Gasteiger partial charge in [-0.15, -0.1) is 0 Å². The maximum Gasteiger partial charge on any atom is 0.101 e. The molecule has 1 rings (SSSR count). The summed E-state index contributed by atoms with van der Waals surface area (Å²) in [5.74, 6) is 0. The van der Waals surface area contributed by atoms with Gasteiger partial charge < -0.3 is 15.2 Å². The van der Waals surface area contributed by atoms with Crippen molar-refractivity contribution >= 4 is 0 Å². The fourth-order valence-corrected chi connectivity index (χ4v) is 1.30. The molecule has 0 radical (unpaired) electrons. The summed E-state index contributed by atoms with van der Waals surface area (Å²) in [7, 11) is 1.68. The minimum Gasteiger partial charge on any atom is -0.501 e. The van der Waals surface area contributed by atoms with Gasteiger partial charge in [0.1, 0.15) is 5.60 Å². The molecule has 1 aliphatic heterocycles. The van der Waals surface area contributed by atoms with Crippen LogP contribution in [0, 0.1) is 0 Å². The summed E-state index contributed by atoms with van der Waals surface area (Å²) < 4.78 is 10.6. The average Bonchev–Trinajstić information content (AvgIpc) is 2.18. The zero-order chi connectivity index (χ0) is 9.03. The summed E-state index contributed by atoms with van der Waals surface area (Å²) in [6.45, 7) is 3.31. The molecule has 0 amide bonds. The molecule has 1 heterocycles. The van der Waals surface area contributed by atoms with Crippen LogP contribution in [0.2, 0.25) is 0 Å². The molecule has 0 bridgehead atoms. The number of ether oxygens (including phenoxy) is 2. The van der Waals surface area contributed by atoms with Crippen LogP contribution < -0.4 is 5.73 Å². The lowest BCUT2D eigenvalue weighted by molar-refractivity contribution is 0.0346. The second-order valence-corrected chi connectivity index (χ2v) is 3.26. The van der Waals surface area contributed by atoms with Gasteiger partial charge in [-0.05, 0) is 25.3 Å². The van der Waals surface area contributed by atoms with Crippen molar-refractivity contribution in [1.82, 2.24) is 0 Å². The predicted octanol–water partition coefficient (Wildman–Crippen LogP) is 1.04. The largest absolute Gasteiger partial charge is 0.501 e. The molecule has 0 aliphatic carbocycles. The van der Waals surface area contributed by atoms with Gasteiger partial charge in [-0.3, -0.25) is 0 Å². The van der Waals surface area contributed by atoms with Crippen LogP contribution in [0.15, 0.2) is 11.8 Å². The van der Waals surface area contributed by atoms with Gasteiger partial charge in [0.2, 0.25) is 0 Å². The molecule has 1 aliphatic rings. The molecule has 0 spiro atoms. The number of hydrogen-bond acceptors (Lipinski definition) is 3. The van der Waals surface area contributed by atoms with E-state index in [1.54, 1.807) is 13.4 Å². The minimum absolute atomic E-state index is 0.333. The lowest BCUT2D eigenvalue weighted by atomic mass is 9.92. The standard InChI is InChI=1S/C9H17NO2/c1-9(7-10,11-2)8-4-3-5-12-6-8/h6H,3-5,7,10H2,1-2H3. The first kappa shape index (κ1) is 9.55. The Balaban J connectivity index is 2.70. The van der Waals surface area contributed by atoms with Gasteiger partial charge in [-0.25, -0.2) is 0 Å². The fraction of sp³-hybridized carbons (Fsp3) is 0.778. The van der Waals surface area contributed by atoms with Gasteiger partial charge in [0.05, 0.1) is 12.9 Å². The third-order valence-electron chi connectivity index (χ3n) is 2.45. The molecule has 1 unspecified atom stereocenters. The second-order valence-electron chi connectivity index (χ2n) is 3.26. The van der Waals surface area contributed by atoms with E-state index in [1.165, 1.54) is 5.57 Å². The maximum absolute atomic E-state index is 5.63. The van der Waals surface area contributed by atoms with Crippen molar-refractivity contribution in [2.24, 2.45) is 5.73 Å². The van der Waals surface area contributed by atoms with Gasteiger partial charge in [0, 0.05) is 13.7 Å². The summed E-state index contributed by atoms with van der Waals surface area (Å²) in [5, 5.41) is 0. The average molecular weight is 171 g/mol. The lowest BCUT2D eigenvalue weighted by Gasteiger charge is -2.31. The Morgan fingerprint density at radius 1 is 1.75 bits per heavy atom. The Morgan fingerprint density at radius 2 is 2.50 bits per heavy atom. The van der Waals surface area contributed by atoms with Crippen LogP contribution in [0.1, 0.15) is 19.8 Å². The van der Waals surface area contributed by atoms with Crippen LogP contribution in [0.3, 0.4) is 0 Å². The molecule has 0 saturated heterocycles. The third kappa shape index (κ3) is 1.79. The van der Waals surface area contributed by atoms with Crippen LogP contribution in [-0.4, -0.2) is 25.9 Å². The van der Waals surface area contributed by atoms with E-state index in [1.807, 2.05) is 6.92 Å². The highest BCUT2D eigenvalue weighted by Crippen LogP contribution is 2.26. The van der Waals surface area contributed by atoms with Crippen molar-refractivity contribution < 1.29 is 9.47 Å². The van der Waals surface area contributed by atoms with Crippen LogP contribution >= 0.6 is 0 Å². The van der Waals surface area contributed by atoms with E-state index in [0.29, 0.717) is 6.54 Å². The van der Waals surface area contributed by atoms with E-state index in [2.05, 4.69) is 0 Å². The monoisotopic (exact) mass is 171 g/mol. The van der Waals surface area contributed by atoms with Crippen molar-refractivity contribution in [2.45, 2.75) is 25.4 Å². The topological polar surface area (TPSA) is 44.5 Å². The Hall–Kier alpha value is -0.540. The number of methoxy groups -OCH3 is 1. The van der Waals surface area contributed by atoms with Crippen molar-refractivity contribution in [3.63, 3.8) is 0 Å².